The number of anilines is 3. The highest BCUT2D eigenvalue weighted by molar-refractivity contribution is 5.77. The van der Waals surface area contributed by atoms with E-state index in [0.29, 0.717) is 17.8 Å². The third kappa shape index (κ3) is 5.26. The van der Waals surface area contributed by atoms with Crippen molar-refractivity contribution in [2.24, 2.45) is 0 Å². The number of rotatable bonds is 5. The second-order valence-corrected chi connectivity index (χ2v) is 8.61. The van der Waals surface area contributed by atoms with Gasteiger partial charge in [0.05, 0.1) is 12.6 Å². The molecule has 0 N–H and O–H groups in total. The Balaban J connectivity index is 1.62. The summed E-state index contributed by atoms with van der Waals surface area (Å²) in [5.74, 6) is 0.641. The second kappa shape index (κ2) is 9.94. The summed E-state index contributed by atoms with van der Waals surface area (Å²) in [6.07, 6.45) is 6.19. The highest BCUT2D eigenvalue weighted by Gasteiger charge is 2.27. The fourth-order valence-electron chi connectivity index (χ4n) is 3.98. The number of nitriles is 1. The molecule has 3 aromatic carbocycles. The standard InChI is InChI=1S/C30H25N3O/c1-30(2)21-24(29(22-31)32-3)20-28(34-30)19-16-23-14-17-27(18-15-23)33(25-10-6-4-7-11-25)26-12-8-5-9-13-26/h4-20H,21H2,1-2H3/b19-16+,29-24+. The first-order chi connectivity index (χ1) is 16.5. The molecule has 34 heavy (non-hydrogen) atoms. The summed E-state index contributed by atoms with van der Waals surface area (Å²) in [7, 11) is 0. The molecule has 4 heteroatoms. The van der Waals surface area contributed by atoms with Crippen LogP contribution in [0.2, 0.25) is 0 Å². The first-order valence-electron chi connectivity index (χ1n) is 11.1. The summed E-state index contributed by atoms with van der Waals surface area (Å²) in [5.41, 5.74) is 4.61. The van der Waals surface area contributed by atoms with Gasteiger partial charge >= 0.3 is 0 Å². The number of nitrogens with zero attached hydrogens (tertiary/aromatic N) is 3. The smallest absolute Gasteiger partial charge is 0.265 e. The topological polar surface area (TPSA) is 40.6 Å². The lowest BCUT2D eigenvalue weighted by Gasteiger charge is -2.32. The molecular weight excluding hydrogens is 418 g/mol. The molecule has 3 aromatic rings. The van der Waals surface area contributed by atoms with Crippen LogP contribution in [0, 0.1) is 17.9 Å². The predicted molar refractivity (Wildman–Crippen MR) is 137 cm³/mol. The highest BCUT2D eigenvalue weighted by Crippen LogP contribution is 2.35. The van der Waals surface area contributed by atoms with Gasteiger partial charge in [-0.3, -0.25) is 0 Å². The first-order valence-corrected chi connectivity index (χ1v) is 11.1. The molecule has 1 aliphatic heterocycles. The number of benzene rings is 3. The van der Waals surface area contributed by atoms with Crippen LogP contribution in [0.5, 0.6) is 0 Å². The van der Waals surface area contributed by atoms with Gasteiger partial charge in [0.25, 0.3) is 5.70 Å². The minimum absolute atomic E-state index is 0.119. The van der Waals surface area contributed by atoms with Crippen molar-refractivity contribution >= 4 is 23.1 Å². The zero-order valence-corrected chi connectivity index (χ0v) is 19.3. The average Bonchev–Trinajstić information content (AvgIpc) is 2.85. The minimum Gasteiger partial charge on any atom is -0.488 e. The lowest BCUT2D eigenvalue weighted by Crippen LogP contribution is -2.27. The van der Waals surface area contributed by atoms with Gasteiger partial charge in [0, 0.05) is 23.5 Å². The molecule has 0 unspecified atom stereocenters. The Bertz CT molecular complexity index is 1260. The molecule has 0 aliphatic carbocycles. The Labute approximate surface area is 201 Å². The molecule has 0 spiro atoms. The van der Waals surface area contributed by atoms with Crippen LogP contribution >= 0.6 is 0 Å². The fourth-order valence-corrected chi connectivity index (χ4v) is 3.98. The van der Waals surface area contributed by atoms with E-state index in [1.165, 1.54) is 0 Å². The zero-order valence-electron chi connectivity index (χ0n) is 19.3. The Kier molecular flexibility index (Phi) is 6.62. The largest absolute Gasteiger partial charge is 0.488 e. The van der Waals surface area contributed by atoms with Crippen molar-refractivity contribution in [1.82, 2.24) is 0 Å². The maximum absolute atomic E-state index is 9.26. The van der Waals surface area contributed by atoms with Crippen molar-refractivity contribution < 1.29 is 4.74 Å². The molecule has 166 valence electrons. The second-order valence-electron chi connectivity index (χ2n) is 8.61. The molecule has 0 amide bonds. The normalized spacial score (nSPS) is 16.1. The van der Waals surface area contributed by atoms with Crippen molar-refractivity contribution in [2.45, 2.75) is 25.9 Å². The van der Waals surface area contributed by atoms with Crippen LogP contribution in [0.1, 0.15) is 25.8 Å². The molecular formula is C30H25N3O. The Hall–Kier alpha value is -4.54. The average molecular weight is 444 g/mol. The van der Waals surface area contributed by atoms with Crippen molar-refractivity contribution in [3.8, 4) is 6.07 Å². The molecule has 0 fully saturated rings. The zero-order chi connectivity index (χ0) is 24.0. The van der Waals surface area contributed by atoms with Gasteiger partial charge in [-0.15, -0.1) is 0 Å². The molecule has 4 nitrogen and oxygen atoms in total. The van der Waals surface area contributed by atoms with Gasteiger partial charge in [-0.2, -0.15) is 0 Å². The first kappa shape index (κ1) is 22.6. The Morgan fingerprint density at radius 3 is 2.00 bits per heavy atom. The van der Waals surface area contributed by atoms with Gasteiger partial charge in [0.15, 0.2) is 0 Å². The molecule has 0 saturated carbocycles. The quantitative estimate of drug-likeness (QED) is 0.297. The molecule has 0 aromatic heterocycles. The van der Waals surface area contributed by atoms with Crippen LogP contribution < -0.4 is 4.90 Å². The predicted octanol–water partition coefficient (Wildman–Crippen LogP) is 7.95. The minimum atomic E-state index is -0.480. The number of allylic oxidation sites excluding steroid dienone is 3. The number of hydrogen-bond acceptors (Lipinski definition) is 3. The monoisotopic (exact) mass is 443 g/mol. The van der Waals surface area contributed by atoms with Crippen LogP contribution in [0.25, 0.3) is 10.9 Å². The number of ether oxygens (including phenoxy) is 1. The van der Waals surface area contributed by atoms with E-state index < -0.39 is 5.60 Å². The Morgan fingerprint density at radius 1 is 0.912 bits per heavy atom. The lowest BCUT2D eigenvalue weighted by atomic mass is 9.93. The van der Waals surface area contributed by atoms with E-state index >= 15 is 0 Å². The van der Waals surface area contributed by atoms with Gasteiger partial charge < -0.3 is 9.64 Å². The molecule has 0 bridgehead atoms. The van der Waals surface area contributed by atoms with Crippen LogP contribution in [0.15, 0.2) is 114 Å². The molecule has 0 saturated heterocycles. The van der Waals surface area contributed by atoms with E-state index in [1.54, 1.807) is 6.08 Å². The van der Waals surface area contributed by atoms with Crippen LogP contribution in [-0.2, 0) is 4.74 Å². The molecule has 1 aliphatic rings. The van der Waals surface area contributed by atoms with E-state index in [-0.39, 0.29) is 5.70 Å². The summed E-state index contributed by atoms with van der Waals surface area (Å²) < 4.78 is 6.06. The van der Waals surface area contributed by atoms with Crippen molar-refractivity contribution in [2.75, 3.05) is 4.90 Å². The maximum atomic E-state index is 9.26. The number of hydrogen-bond donors (Lipinski definition) is 0. The van der Waals surface area contributed by atoms with Crippen molar-refractivity contribution in [3.63, 3.8) is 0 Å². The van der Waals surface area contributed by atoms with E-state index in [9.17, 15) is 5.26 Å². The SMILES string of the molecule is [C-]#[N+]/C(C#N)=C1C=C(/C=C/c2ccc(N(c3ccccc3)c3ccccc3)cc2)OC(C)(C)C\1. The lowest BCUT2D eigenvalue weighted by molar-refractivity contribution is 0.0356. The molecule has 0 atom stereocenters. The van der Waals surface area contributed by atoms with Gasteiger partial charge in [-0.05, 0) is 73.5 Å². The summed E-state index contributed by atoms with van der Waals surface area (Å²) in [5, 5.41) is 9.26. The van der Waals surface area contributed by atoms with Crippen LogP contribution in [0.3, 0.4) is 0 Å². The van der Waals surface area contributed by atoms with Gasteiger partial charge in [-0.25, -0.2) is 10.1 Å². The summed E-state index contributed by atoms with van der Waals surface area (Å²) >= 11 is 0. The van der Waals surface area contributed by atoms with E-state index in [4.69, 9.17) is 11.3 Å². The summed E-state index contributed by atoms with van der Waals surface area (Å²) in [4.78, 5) is 5.58. The Morgan fingerprint density at radius 2 is 1.47 bits per heavy atom. The van der Waals surface area contributed by atoms with Gasteiger partial charge in [0.1, 0.15) is 11.4 Å². The van der Waals surface area contributed by atoms with Crippen LogP contribution in [-0.4, -0.2) is 5.60 Å². The molecule has 4 rings (SSSR count). The van der Waals surface area contributed by atoms with E-state index in [0.717, 1.165) is 22.6 Å². The summed E-state index contributed by atoms with van der Waals surface area (Å²) in [6.45, 7) is 11.2. The maximum Gasteiger partial charge on any atom is 0.265 e. The third-order valence-electron chi connectivity index (χ3n) is 5.47. The fraction of sp³-hybridized carbons (Fsp3) is 0.133. The number of para-hydroxylation sites is 2. The molecule has 1 heterocycles. The van der Waals surface area contributed by atoms with E-state index in [1.807, 2.05) is 68.5 Å². The van der Waals surface area contributed by atoms with Crippen molar-refractivity contribution in [1.29, 1.82) is 5.26 Å². The van der Waals surface area contributed by atoms with Gasteiger partial charge in [0.2, 0.25) is 0 Å². The summed E-state index contributed by atoms with van der Waals surface area (Å²) in [6, 6.07) is 30.9. The van der Waals surface area contributed by atoms with Gasteiger partial charge in [-0.1, -0.05) is 54.6 Å². The van der Waals surface area contributed by atoms with E-state index in [2.05, 4.69) is 58.3 Å². The highest BCUT2D eigenvalue weighted by atomic mass is 16.5. The van der Waals surface area contributed by atoms with Crippen molar-refractivity contribution in [3.05, 3.63) is 131 Å². The third-order valence-corrected chi connectivity index (χ3v) is 5.47. The molecule has 0 radical (unpaired) electrons. The van der Waals surface area contributed by atoms with Crippen LogP contribution in [0.4, 0.5) is 17.1 Å².